The first-order valence-electron chi connectivity index (χ1n) is 5.39. The van der Waals surface area contributed by atoms with E-state index in [1.807, 2.05) is 0 Å². The van der Waals surface area contributed by atoms with E-state index < -0.39 is 0 Å². The van der Waals surface area contributed by atoms with Crippen molar-refractivity contribution in [1.82, 2.24) is 5.32 Å². The Bertz CT molecular complexity index is 131. The topological polar surface area (TPSA) is 12.0 Å². The van der Waals surface area contributed by atoms with Gasteiger partial charge < -0.3 is 5.32 Å². The molecule has 1 rings (SSSR count). The second kappa shape index (κ2) is 4.27. The third kappa shape index (κ3) is 2.48. The van der Waals surface area contributed by atoms with Gasteiger partial charge in [0.1, 0.15) is 0 Å². The van der Waals surface area contributed by atoms with E-state index in [0.29, 0.717) is 5.54 Å². The summed E-state index contributed by atoms with van der Waals surface area (Å²) in [6, 6.07) is 0. The van der Waals surface area contributed by atoms with Crippen LogP contribution in [0.1, 0.15) is 52.4 Å². The molecule has 0 radical (unpaired) electrons. The molecule has 1 heteroatoms. The van der Waals surface area contributed by atoms with Crippen molar-refractivity contribution in [2.24, 2.45) is 5.92 Å². The van der Waals surface area contributed by atoms with Crippen LogP contribution in [0.25, 0.3) is 0 Å². The Kier molecular flexibility index (Phi) is 3.57. The zero-order chi connectivity index (χ0) is 9.03. The van der Waals surface area contributed by atoms with Crippen LogP contribution in [0.5, 0.6) is 0 Å². The maximum Gasteiger partial charge on any atom is 0.0153 e. The largest absolute Gasteiger partial charge is 0.315 e. The molecule has 12 heavy (non-hydrogen) atoms. The van der Waals surface area contributed by atoms with Crippen LogP contribution in [0, 0.1) is 5.92 Å². The minimum absolute atomic E-state index is 0.443. The predicted molar refractivity (Wildman–Crippen MR) is 54.3 cm³/mol. The van der Waals surface area contributed by atoms with Gasteiger partial charge in [0.15, 0.2) is 0 Å². The highest BCUT2D eigenvalue weighted by Gasteiger charge is 2.29. The van der Waals surface area contributed by atoms with Gasteiger partial charge in [-0.3, -0.25) is 0 Å². The minimum Gasteiger partial charge on any atom is -0.315 e. The second-order valence-electron chi connectivity index (χ2n) is 4.56. The molecule has 1 N–H and O–H groups in total. The Morgan fingerprint density at radius 1 is 1.50 bits per heavy atom. The third-order valence-electron chi connectivity index (χ3n) is 3.38. The number of rotatable bonds is 3. The molecule has 0 aromatic carbocycles. The number of nitrogens with one attached hydrogen (secondary N) is 1. The van der Waals surface area contributed by atoms with Crippen molar-refractivity contribution in [3.63, 3.8) is 0 Å². The average molecular weight is 169 g/mol. The Labute approximate surface area is 76.9 Å². The van der Waals surface area contributed by atoms with Crippen LogP contribution in [0.2, 0.25) is 0 Å². The summed E-state index contributed by atoms with van der Waals surface area (Å²) in [6.45, 7) is 4.67. The highest BCUT2D eigenvalue weighted by atomic mass is 14.9. The minimum atomic E-state index is 0.443. The summed E-state index contributed by atoms with van der Waals surface area (Å²) in [5.74, 6) is 0.987. The Morgan fingerprint density at radius 3 is 2.83 bits per heavy atom. The van der Waals surface area contributed by atoms with Gasteiger partial charge in [0.05, 0.1) is 0 Å². The smallest absolute Gasteiger partial charge is 0.0153 e. The van der Waals surface area contributed by atoms with Crippen molar-refractivity contribution < 1.29 is 0 Å². The van der Waals surface area contributed by atoms with Gasteiger partial charge in [0, 0.05) is 5.54 Å². The third-order valence-corrected chi connectivity index (χ3v) is 3.38. The van der Waals surface area contributed by atoms with Gasteiger partial charge in [-0.15, -0.1) is 0 Å². The molecule has 1 aliphatic rings. The molecular formula is C11H23N. The van der Waals surface area contributed by atoms with E-state index in [2.05, 4.69) is 26.2 Å². The van der Waals surface area contributed by atoms with Crippen molar-refractivity contribution in [3.8, 4) is 0 Å². The van der Waals surface area contributed by atoms with Crippen molar-refractivity contribution in [3.05, 3.63) is 0 Å². The van der Waals surface area contributed by atoms with Crippen LogP contribution in [0.4, 0.5) is 0 Å². The predicted octanol–water partition coefficient (Wildman–Crippen LogP) is 2.95. The molecule has 0 bridgehead atoms. The normalized spacial score (nSPS) is 36.8. The summed E-state index contributed by atoms with van der Waals surface area (Å²) >= 11 is 0. The summed E-state index contributed by atoms with van der Waals surface area (Å²) in [7, 11) is 2.11. The highest BCUT2D eigenvalue weighted by molar-refractivity contribution is 4.88. The molecule has 2 unspecified atom stereocenters. The molecule has 2 atom stereocenters. The van der Waals surface area contributed by atoms with Gasteiger partial charge in [0.25, 0.3) is 0 Å². The summed E-state index contributed by atoms with van der Waals surface area (Å²) < 4.78 is 0. The van der Waals surface area contributed by atoms with Crippen molar-refractivity contribution in [1.29, 1.82) is 0 Å². The molecule has 0 spiro atoms. The van der Waals surface area contributed by atoms with Crippen LogP contribution < -0.4 is 5.32 Å². The van der Waals surface area contributed by atoms with Crippen LogP contribution in [0.3, 0.4) is 0 Å². The monoisotopic (exact) mass is 169 g/mol. The molecule has 1 aliphatic carbocycles. The van der Waals surface area contributed by atoms with Gasteiger partial charge in [-0.2, -0.15) is 0 Å². The van der Waals surface area contributed by atoms with E-state index in [9.17, 15) is 0 Å². The first-order chi connectivity index (χ1) is 5.70. The quantitative estimate of drug-likeness (QED) is 0.685. The summed E-state index contributed by atoms with van der Waals surface area (Å²) in [5.41, 5.74) is 0.443. The summed E-state index contributed by atoms with van der Waals surface area (Å²) in [5, 5.41) is 3.47. The van der Waals surface area contributed by atoms with Crippen molar-refractivity contribution >= 4 is 0 Å². The van der Waals surface area contributed by atoms with Crippen LogP contribution in [0.15, 0.2) is 0 Å². The lowest BCUT2D eigenvalue weighted by Crippen LogP contribution is -2.43. The Morgan fingerprint density at radius 2 is 2.25 bits per heavy atom. The summed E-state index contributed by atoms with van der Waals surface area (Å²) in [6.07, 6.45) is 8.41. The fourth-order valence-corrected chi connectivity index (χ4v) is 2.50. The van der Waals surface area contributed by atoms with Gasteiger partial charge in [-0.05, 0) is 32.7 Å². The highest BCUT2D eigenvalue weighted by Crippen LogP contribution is 2.34. The average Bonchev–Trinajstić information content (AvgIpc) is 2.05. The lowest BCUT2D eigenvalue weighted by atomic mass is 9.75. The Balaban J connectivity index is 2.39. The van der Waals surface area contributed by atoms with Gasteiger partial charge in [-0.1, -0.05) is 32.6 Å². The number of hydrogen-bond acceptors (Lipinski definition) is 1. The molecule has 0 aromatic heterocycles. The standard InChI is InChI=1S/C11H23N/c1-4-6-10-7-5-8-11(2,9-10)12-3/h10,12H,4-9H2,1-3H3. The molecule has 0 aliphatic heterocycles. The molecule has 1 fully saturated rings. The molecule has 0 aromatic rings. The molecule has 0 heterocycles. The van der Waals surface area contributed by atoms with E-state index >= 15 is 0 Å². The zero-order valence-corrected chi connectivity index (χ0v) is 8.82. The lowest BCUT2D eigenvalue weighted by Gasteiger charge is -2.38. The fourth-order valence-electron chi connectivity index (χ4n) is 2.50. The number of hydrogen-bond donors (Lipinski definition) is 1. The van der Waals surface area contributed by atoms with E-state index in [1.165, 1.54) is 38.5 Å². The maximum absolute atomic E-state index is 3.47. The van der Waals surface area contributed by atoms with Crippen molar-refractivity contribution in [2.75, 3.05) is 7.05 Å². The van der Waals surface area contributed by atoms with Crippen LogP contribution >= 0.6 is 0 Å². The lowest BCUT2D eigenvalue weighted by molar-refractivity contribution is 0.198. The molecule has 1 nitrogen and oxygen atoms in total. The van der Waals surface area contributed by atoms with E-state index in [0.717, 1.165) is 5.92 Å². The van der Waals surface area contributed by atoms with Gasteiger partial charge >= 0.3 is 0 Å². The molecular weight excluding hydrogens is 146 g/mol. The Hall–Kier alpha value is -0.0400. The SMILES string of the molecule is CCCC1CCCC(C)(NC)C1. The second-order valence-corrected chi connectivity index (χ2v) is 4.56. The maximum atomic E-state index is 3.47. The van der Waals surface area contributed by atoms with Gasteiger partial charge in [0.2, 0.25) is 0 Å². The van der Waals surface area contributed by atoms with Crippen molar-refractivity contribution in [2.45, 2.75) is 57.9 Å². The summed E-state index contributed by atoms with van der Waals surface area (Å²) in [4.78, 5) is 0. The molecule has 0 amide bonds. The van der Waals surface area contributed by atoms with E-state index in [-0.39, 0.29) is 0 Å². The first-order valence-corrected chi connectivity index (χ1v) is 5.39. The van der Waals surface area contributed by atoms with E-state index in [4.69, 9.17) is 0 Å². The fraction of sp³-hybridized carbons (Fsp3) is 1.00. The zero-order valence-electron chi connectivity index (χ0n) is 8.82. The van der Waals surface area contributed by atoms with Crippen LogP contribution in [-0.2, 0) is 0 Å². The molecule has 0 saturated heterocycles. The first kappa shape index (κ1) is 10.0. The molecule has 72 valence electrons. The van der Waals surface area contributed by atoms with E-state index in [1.54, 1.807) is 0 Å². The van der Waals surface area contributed by atoms with Crippen LogP contribution in [-0.4, -0.2) is 12.6 Å². The molecule has 1 saturated carbocycles. The van der Waals surface area contributed by atoms with Gasteiger partial charge in [-0.25, -0.2) is 0 Å².